The zero-order valence-corrected chi connectivity index (χ0v) is 16.6. The molecule has 0 unspecified atom stereocenters. The fourth-order valence-electron chi connectivity index (χ4n) is 4.61. The van der Waals surface area contributed by atoms with Gasteiger partial charge in [0.15, 0.2) is 0 Å². The highest BCUT2D eigenvalue weighted by molar-refractivity contribution is 7.88. The third-order valence-corrected chi connectivity index (χ3v) is 7.38. The summed E-state index contributed by atoms with van der Waals surface area (Å²) < 4.78 is 31.1. The van der Waals surface area contributed by atoms with Gasteiger partial charge in [-0.25, -0.2) is 22.5 Å². The summed E-state index contributed by atoms with van der Waals surface area (Å²) in [6.07, 6.45) is 9.65. The van der Waals surface area contributed by atoms with Crippen molar-refractivity contribution in [3.8, 4) is 0 Å². The summed E-state index contributed by atoms with van der Waals surface area (Å²) in [4.78, 5) is 18.5. The summed E-state index contributed by atoms with van der Waals surface area (Å²) in [5.74, 6) is 0.730. The summed E-state index contributed by atoms with van der Waals surface area (Å²) in [6, 6.07) is 3.86. The van der Waals surface area contributed by atoms with E-state index in [-0.39, 0.29) is 17.6 Å². The van der Waals surface area contributed by atoms with E-state index in [0.717, 1.165) is 44.1 Å². The lowest BCUT2D eigenvalue weighted by atomic mass is 9.85. The van der Waals surface area contributed by atoms with E-state index in [9.17, 15) is 13.2 Å². The van der Waals surface area contributed by atoms with Crippen LogP contribution in [0, 0.1) is 0 Å². The van der Waals surface area contributed by atoms with Gasteiger partial charge in [-0.2, -0.15) is 0 Å². The first-order chi connectivity index (χ1) is 12.9. The van der Waals surface area contributed by atoms with Gasteiger partial charge in [0.1, 0.15) is 11.4 Å². The lowest BCUT2D eigenvalue weighted by Crippen LogP contribution is -2.38. The lowest BCUT2D eigenvalue weighted by molar-refractivity contribution is 0.0260. The molecular weight excluding hydrogens is 366 g/mol. The third-order valence-electron chi connectivity index (χ3n) is 6.11. The van der Waals surface area contributed by atoms with Gasteiger partial charge in [0.25, 0.3) is 0 Å². The summed E-state index contributed by atoms with van der Waals surface area (Å²) in [6.45, 7) is 1.62. The highest BCUT2D eigenvalue weighted by Gasteiger charge is 2.46. The predicted octanol–water partition coefficient (Wildman–Crippen LogP) is 2.88. The topological polar surface area (TPSA) is 79.8 Å². The standard InChI is InChI=1S/C19H27N3O4S/c1-27(24,25)21-11-5-6-16(13-21)15-7-10-20-17(12-15)22-14-19(26-18(22)23)8-3-2-4-9-19/h7,10,12,16H,2-6,8-9,11,13-14H2,1H3/t16-/m0/s1. The van der Waals surface area contributed by atoms with Crippen molar-refractivity contribution in [3.63, 3.8) is 0 Å². The summed E-state index contributed by atoms with van der Waals surface area (Å²) in [7, 11) is -3.19. The molecule has 1 aromatic rings. The van der Waals surface area contributed by atoms with Crippen LogP contribution in [-0.2, 0) is 14.8 Å². The highest BCUT2D eigenvalue weighted by Crippen LogP contribution is 2.39. The van der Waals surface area contributed by atoms with Crippen LogP contribution >= 0.6 is 0 Å². The number of carbonyl (C=O) groups is 1. The molecule has 2 aliphatic heterocycles. The van der Waals surface area contributed by atoms with Crippen LogP contribution in [0.15, 0.2) is 18.3 Å². The van der Waals surface area contributed by atoms with Crippen molar-refractivity contribution in [3.05, 3.63) is 23.9 Å². The van der Waals surface area contributed by atoms with Gasteiger partial charge in [-0.05, 0) is 62.1 Å². The van der Waals surface area contributed by atoms with E-state index < -0.39 is 10.0 Å². The van der Waals surface area contributed by atoms with Gasteiger partial charge in [0, 0.05) is 19.3 Å². The molecule has 3 fully saturated rings. The fraction of sp³-hybridized carbons (Fsp3) is 0.684. The number of rotatable bonds is 3. The van der Waals surface area contributed by atoms with Crippen molar-refractivity contribution in [2.45, 2.75) is 56.5 Å². The Balaban J connectivity index is 1.53. The number of aromatic nitrogens is 1. The maximum Gasteiger partial charge on any atom is 0.416 e. The average molecular weight is 394 g/mol. The number of piperidine rings is 1. The largest absolute Gasteiger partial charge is 0.441 e. The molecule has 3 heterocycles. The van der Waals surface area contributed by atoms with Gasteiger partial charge < -0.3 is 4.74 Å². The second kappa shape index (κ2) is 7.05. The minimum Gasteiger partial charge on any atom is -0.441 e. The average Bonchev–Trinajstić information content (AvgIpc) is 2.97. The Bertz CT molecular complexity index is 820. The van der Waals surface area contributed by atoms with Crippen molar-refractivity contribution in [1.82, 2.24) is 9.29 Å². The second-order valence-corrected chi connectivity index (χ2v) is 10.1. The molecule has 1 aromatic heterocycles. The molecule has 0 aromatic carbocycles. The molecule has 0 N–H and O–H groups in total. The maximum atomic E-state index is 12.5. The van der Waals surface area contributed by atoms with Crippen molar-refractivity contribution >= 4 is 21.9 Å². The summed E-state index contributed by atoms with van der Waals surface area (Å²) >= 11 is 0. The lowest BCUT2D eigenvalue weighted by Gasteiger charge is -2.31. The minimum absolute atomic E-state index is 0.123. The Morgan fingerprint density at radius 3 is 2.74 bits per heavy atom. The Hall–Kier alpha value is -1.67. The van der Waals surface area contributed by atoms with Crippen molar-refractivity contribution in [2.24, 2.45) is 0 Å². The molecule has 3 aliphatic rings. The van der Waals surface area contributed by atoms with E-state index in [2.05, 4.69) is 4.98 Å². The highest BCUT2D eigenvalue weighted by atomic mass is 32.2. The molecule has 1 aliphatic carbocycles. The SMILES string of the molecule is CS(=O)(=O)N1CCC[C@H](c2ccnc(N3CC4(CCCCC4)OC3=O)c2)C1. The van der Waals surface area contributed by atoms with E-state index in [4.69, 9.17) is 4.74 Å². The molecule has 27 heavy (non-hydrogen) atoms. The first-order valence-electron chi connectivity index (χ1n) is 9.78. The monoisotopic (exact) mass is 393 g/mol. The first-order valence-corrected chi connectivity index (χ1v) is 11.6. The van der Waals surface area contributed by atoms with E-state index >= 15 is 0 Å². The molecule has 1 spiro atoms. The number of amides is 1. The van der Waals surface area contributed by atoms with Crippen molar-refractivity contribution < 1.29 is 17.9 Å². The van der Waals surface area contributed by atoms with Gasteiger partial charge in [-0.3, -0.25) is 4.90 Å². The van der Waals surface area contributed by atoms with Gasteiger partial charge in [0.2, 0.25) is 10.0 Å². The normalized spacial score (nSPS) is 26.3. The van der Waals surface area contributed by atoms with Crippen LogP contribution in [0.4, 0.5) is 10.6 Å². The molecule has 2 saturated heterocycles. The Morgan fingerprint density at radius 2 is 2.00 bits per heavy atom. The quantitative estimate of drug-likeness (QED) is 0.789. The number of ether oxygens (including phenoxy) is 1. The van der Waals surface area contributed by atoms with Gasteiger partial charge in [-0.1, -0.05) is 6.42 Å². The Morgan fingerprint density at radius 1 is 1.22 bits per heavy atom. The number of pyridine rings is 1. The number of hydrogen-bond acceptors (Lipinski definition) is 5. The minimum atomic E-state index is -3.19. The smallest absolute Gasteiger partial charge is 0.416 e. The number of anilines is 1. The molecule has 1 amide bonds. The van der Waals surface area contributed by atoms with E-state index in [0.29, 0.717) is 25.5 Å². The van der Waals surface area contributed by atoms with E-state index in [1.165, 1.54) is 12.7 Å². The summed E-state index contributed by atoms with van der Waals surface area (Å²) in [5.41, 5.74) is 0.677. The first kappa shape index (κ1) is 18.7. The molecule has 8 heteroatoms. The molecule has 1 saturated carbocycles. The van der Waals surface area contributed by atoms with Crippen LogP contribution in [0.3, 0.4) is 0 Å². The molecule has 0 radical (unpaired) electrons. The number of carbonyl (C=O) groups excluding carboxylic acids is 1. The molecular formula is C19H27N3O4S. The van der Waals surface area contributed by atoms with Crippen molar-refractivity contribution in [1.29, 1.82) is 0 Å². The Labute approximate surface area is 160 Å². The van der Waals surface area contributed by atoms with Gasteiger partial charge in [-0.15, -0.1) is 0 Å². The van der Waals surface area contributed by atoms with Crippen LogP contribution < -0.4 is 4.90 Å². The number of hydrogen-bond donors (Lipinski definition) is 0. The fourth-order valence-corrected chi connectivity index (χ4v) is 5.52. The molecule has 4 rings (SSSR count). The zero-order valence-electron chi connectivity index (χ0n) is 15.8. The maximum absolute atomic E-state index is 12.5. The second-order valence-electron chi connectivity index (χ2n) is 8.11. The van der Waals surface area contributed by atoms with Crippen LogP contribution in [0.5, 0.6) is 0 Å². The van der Waals surface area contributed by atoms with Crippen LogP contribution in [0.1, 0.15) is 56.4 Å². The zero-order chi connectivity index (χ0) is 19.1. The third kappa shape index (κ3) is 3.82. The molecule has 7 nitrogen and oxygen atoms in total. The van der Waals surface area contributed by atoms with Crippen LogP contribution in [0.25, 0.3) is 0 Å². The Kier molecular flexibility index (Phi) is 4.88. The predicted molar refractivity (Wildman–Crippen MR) is 102 cm³/mol. The number of sulfonamides is 1. The van der Waals surface area contributed by atoms with Crippen molar-refractivity contribution in [2.75, 3.05) is 30.8 Å². The summed E-state index contributed by atoms with van der Waals surface area (Å²) in [5, 5.41) is 0. The van der Waals surface area contributed by atoms with Gasteiger partial charge in [0.05, 0.1) is 12.8 Å². The van der Waals surface area contributed by atoms with E-state index in [1.807, 2.05) is 12.1 Å². The van der Waals surface area contributed by atoms with Gasteiger partial charge >= 0.3 is 6.09 Å². The number of nitrogens with zero attached hydrogens (tertiary/aromatic N) is 3. The molecule has 148 valence electrons. The van der Waals surface area contributed by atoms with Crippen LogP contribution in [0.2, 0.25) is 0 Å². The van der Waals surface area contributed by atoms with Crippen LogP contribution in [-0.4, -0.2) is 55.3 Å². The van der Waals surface area contributed by atoms with E-state index in [1.54, 1.807) is 15.4 Å². The molecule has 0 bridgehead atoms. The molecule has 1 atom stereocenters.